The van der Waals surface area contributed by atoms with E-state index in [1.807, 2.05) is 0 Å². The highest BCUT2D eigenvalue weighted by Crippen LogP contribution is 2.37. The van der Waals surface area contributed by atoms with E-state index >= 15 is 0 Å². The number of nitrogens with zero attached hydrogens (tertiary/aromatic N) is 2. The van der Waals surface area contributed by atoms with Crippen LogP contribution in [0.4, 0.5) is 13.2 Å². The van der Waals surface area contributed by atoms with Gasteiger partial charge in [-0.1, -0.05) is 6.07 Å². The van der Waals surface area contributed by atoms with Gasteiger partial charge in [-0.2, -0.15) is 13.2 Å². The Hall–Kier alpha value is -3.59. The Morgan fingerprint density at radius 2 is 1.97 bits per heavy atom. The highest BCUT2D eigenvalue weighted by atomic mass is 19.4. The van der Waals surface area contributed by atoms with Crippen LogP contribution in [0.15, 0.2) is 54.9 Å². The monoisotopic (exact) mass is 414 g/mol. The van der Waals surface area contributed by atoms with Gasteiger partial charge in [-0.3, -0.25) is 0 Å². The second-order valence-electron chi connectivity index (χ2n) is 6.76. The molecule has 3 N–H and O–H groups in total. The van der Waals surface area contributed by atoms with Gasteiger partial charge in [-0.15, -0.1) is 0 Å². The Labute approximate surface area is 169 Å². The molecule has 0 saturated carbocycles. The van der Waals surface area contributed by atoms with Gasteiger partial charge < -0.3 is 15.7 Å². The SMILES string of the molecule is Cc1cc(-c2cc(CN)cnc2Oc2cccc(C(F)(F)F)c2)c2cc[nH]c2[n+]1[O-]. The summed E-state index contributed by atoms with van der Waals surface area (Å²) in [6.45, 7) is 1.87. The molecular formula is C21H17F3N4O2. The molecule has 0 amide bonds. The summed E-state index contributed by atoms with van der Waals surface area (Å²) in [6, 6.07) is 9.74. The Kier molecular flexibility index (Phi) is 4.83. The number of ether oxygens (including phenoxy) is 1. The van der Waals surface area contributed by atoms with Crippen molar-refractivity contribution in [1.82, 2.24) is 9.97 Å². The molecule has 6 nitrogen and oxygen atoms in total. The average molecular weight is 414 g/mol. The van der Waals surface area contributed by atoms with Crippen molar-refractivity contribution in [3.05, 3.63) is 76.9 Å². The molecular weight excluding hydrogens is 397 g/mol. The van der Waals surface area contributed by atoms with Crippen molar-refractivity contribution in [1.29, 1.82) is 0 Å². The van der Waals surface area contributed by atoms with Crippen molar-refractivity contribution in [3.8, 4) is 22.8 Å². The van der Waals surface area contributed by atoms with Crippen LogP contribution in [0.1, 0.15) is 16.8 Å². The van der Waals surface area contributed by atoms with E-state index in [0.717, 1.165) is 16.9 Å². The minimum absolute atomic E-state index is 0.00377. The van der Waals surface area contributed by atoms with Gasteiger partial charge in [0, 0.05) is 23.9 Å². The molecule has 154 valence electrons. The van der Waals surface area contributed by atoms with Gasteiger partial charge in [0.05, 0.1) is 17.1 Å². The van der Waals surface area contributed by atoms with Crippen molar-refractivity contribution in [3.63, 3.8) is 0 Å². The number of aromatic amines is 1. The van der Waals surface area contributed by atoms with Crippen LogP contribution < -0.4 is 15.2 Å². The molecule has 0 atom stereocenters. The molecule has 0 bridgehead atoms. The number of fused-ring (bicyclic) bond motifs is 1. The number of hydrogen-bond donors (Lipinski definition) is 2. The quantitative estimate of drug-likeness (QED) is 0.382. The van der Waals surface area contributed by atoms with Crippen molar-refractivity contribution in [2.45, 2.75) is 19.6 Å². The van der Waals surface area contributed by atoms with Crippen LogP contribution in [-0.2, 0) is 12.7 Å². The lowest BCUT2D eigenvalue weighted by molar-refractivity contribution is -0.586. The maximum absolute atomic E-state index is 13.1. The minimum Gasteiger partial charge on any atom is -0.710 e. The summed E-state index contributed by atoms with van der Waals surface area (Å²) in [4.78, 5) is 7.18. The van der Waals surface area contributed by atoms with Crippen molar-refractivity contribution >= 4 is 11.0 Å². The van der Waals surface area contributed by atoms with E-state index in [1.165, 1.54) is 18.3 Å². The van der Waals surface area contributed by atoms with E-state index in [2.05, 4.69) is 9.97 Å². The topological polar surface area (TPSA) is 90.9 Å². The van der Waals surface area contributed by atoms with E-state index in [-0.39, 0.29) is 18.2 Å². The Balaban J connectivity index is 1.87. The molecule has 9 heteroatoms. The number of halogens is 3. The first-order chi connectivity index (χ1) is 14.3. The normalized spacial score (nSPS) is 11.8. The van der Waals surface area contributed by atoms with Crippen LogP contribution >= 0.6 is 0 Å². The van der Waals surface area contributed by atoms with Crippen LogP contribution in [0.3, 0.4) is 0 Å². The largest absolute Gasteiger partial charge is 0.710 e. The molecule has 0 radical (unpaired) electrons. The van der Waals surface area contributed by atoms with Crippen LogP contribution in [0.5, 0.6) is 11.6 Å². The summed E-state index contributed by atoms with van der Waals surface area (Å²) in [5.41, 5.74) is 7.59. The summed E-state index contributed by atoms with van der Waals surface area (Å²) >= 11 is 0. The fraction of sp³-hybridized carbons (Fsp3) is 0.143. The van der Waals surface area contributed by atoms with E-state index in [4.69, 9.17) is 10.5 Å². The van der Waals surface area contributed by atoms with Crippen LogP contribution in [0.25, 0.3) is 22.2 Å². The number of pyridine rings is 2. The fourth-order valence-electron chi connectivity index (χ4n) is 3.22. The van der Waals surface area contributed by atoms with Crippen LogP contribution in [0.2, 0.25) is 0 Å². The molecule has 0 aliphatic heterocycles. The lowest BCUT2D eigenvalue weighted by Gasteiger charge is -2.15. The highest BCUT2D eigenvalue weighted by Gasteiger charge is 2.30. The number of benzene rings is 1. The molecule has 0 unspecified atom stereocenters. The van der Waals surface area contributed by atoms with Crippen molar-refractivity contribution in [2.24, 2.45) is 5.73 Å². The molecule has 30 heavy (non-hydrogen) atoms. The van der Waals surface area contributed by atoms with Crippen molar-refractivity contribution in [2.75, 3.05) is 0 Å². The second kappa shape index (κ2) is 7.34. The lowest BCUT2D eigenvalue weighted by atomic mass is 10.0. The first-order valence-corrected chi connectivity index (χ1v) is 9.02. The standard InChI is InChI=1S/C21H17F3N4O2/c1-12-7-17(16-5-6-26-19(16)28(12)29)18-8-13(10-25)11-27-20(18)30-15-4-2-3-14(9-15)21(22,23)24/h2-9,11,26H,10,25H2,1H3. The summed E-state index contributed by atoms with van der Waals surface area (Å²) in [5, 5.41) is 12.9. The van der Waals surface area contributed by atoms with Gasteiger partial charge in [-0.05, 0) is 48.9 Å². The summed E-state index contributed by atoms with van der Waals surface area (Å²) < 4.78 is 45.7. The molecule has 1 aromatic carbocycles. The van der Waals surface area contributed by atoms with E-state index in [9.17, 15) is 18.4 Å². The number of hydrogen-bond acceptors (Lipinski definition) is 4. The molecule has 3 heterocycles. The smallest absolute Gasteiger partial charge is 0.416 e. The second-order valence-corrected chi connectivity index (χ2v) is 6.76. The number of nitrogens with two attached hydrogens (primary N) is 1. The predicted molar refractivity (Wildman–Crippen MR) is 105 cm³/mol. The molecule has 3 aromatic heterocycles. The first kappa shape index (κ1) is 19.7. The van der Waals surface area contributed by atoms with E-state index in [1.54, 1.807) is 31.3 Å². The molecule has 0 aliphatic carbocycles. The van der Waals surface area contributed by atoms with Crippen LogP contribution in [-0.4, -0.2) is 9.97 Å². The zero-order valence-electron chi connectivity index (χ0n) is 15.8. The maximum atomic E-state index is 13.1. The number of aromatic nitrogens is 3. The number of H-pyrrole nitrogens is 1. The first-order valence-electron chi connectivity index (χ1n) is 9.02. The van der Waals surface area contributed by atoms with Gasteiger partial charge in [0.25, 0.3) is 5.65 Å². The molecule has 4 rings (SSSR count). The lowest BCUT2D eigenvalue weighted by Crippen LogP contribution is -2.31. The molecule has 0 aliphatic rings. The van der Waals surface area contributed by atoms with E-state index < -0.39 is 11.7 Å². The Bertz CT molecular complexity index is 1230. The minimum atomic E-state index is -4.49. The summed E-state index contributed by atoms with van der Waals surface area (Å²) in [6.07, 6.45) is -1.35. The zero-order chi connectivity index (χ0) is 21.5. The average Bonchev–Trinajstić information content (AvgIpc) is 3.21. The van der Waals surface area contributed by atoms with Crippen molar-refractivity contribution < 1.29 is 22.6 Å². The third-order valence-electron chi connectivity index (χ3n) is 4.70. The molecule has 0 fully saturated rings. The number of alkyl halides is 3. The Morgan fingerprint density at radius 3 is 2.70 bits per heavy atom. The maximum Gasteiger partial charge on any atom is 0.416 e. The highest BCUT2D eigenvalue weighted by molar-refractivity contribution is 5.93. The van der Waals surface area contributed by atoms with Gasteiger partial charge >= 0.3 is 6.18 Å². The third kappa shape index (κ3) is 3.55. The number of rotatable bonds is 4. The van der Waals surface area contributed by atoms with Gasteiger partial charge in [0.15, 0.2) is 0 Å². The number of aryl methyl sites for hydroxylation is 1. The fourth-order valence-corrected chi connectivity index (χ4v) is 3.22. The summed E-state index contributed by atoms with van der Waals surface area (Å²) in [5.74, 6) is 0.105. The third-order valence-corrected chi connectivity index (χ3v) is 4.70. The van der Waals surface area contributed by atoms with Gasteiger partial charge in [0.1, 0.15) is 11.4 Å². The Morgan fingerprint density at radius 1 is 1.17 bits per heavy atom. The molecule has 0 spiro atoms. The van der Waals surface area contributed by atoms with Gasteiger partial charge in [0.2, 0.25) is 5.88 Å². The molecule has 0 saturated heterocycles. The van der Waals surface area contributed by atoms with Gasteiger partial charge in [-0.25, -0.2) is 14.7 Å². The van der Waals surface area contributed by atoms with Crippen LogP contribution in [0, 0.1) is 12.1 Å². The summed E-state index contributed by atoms with van der Waals surface area (Å²) in [7, 11) is 0. The zero-order valence-corrected chi connectivity index (χ0v) is 15.8. The van der Waals surface area contributed by atoms with E-state index in [0.29, 0.717) is 33.4 Å². The number of nitrogens with one attached hydrogen (secondary N) is 1. The molecule has 4 aromatic rings. The predicted octanol–water partition coefficient (Wildman–Crippen LogP) is 4.44.